The van der Waals surface area contributed by atoms with Crippen molar-refractivity contribution in [2.24, 2.45) is 0 Å². The molecule has 0 atom stereocenters. The predicted molar refractivity (Wildman–Crippen MR) is 84.1 cm³/mol. The Morgan fingerprint density at radius 1 is 0.750 bits per heavy atom. The third-order valence-electron chi connectivity index (χ3n) is 3.85. The van der Waals surface area contributed by atoms with E-state index in [0.29, 0.717) is 0 Å². The van der Waals surface area contributed by atoms with Gasteiger partial charge in [0, 0.05) is 24.0 Å². The molecular formula is C19H15N. The molecular weight excluding hydrogens is 242 g/mol. The molecule has 0 amide bonds. The van der Waals surface area contributed by atoms with Crippen molar-refractivity contribution in [1.29, 1.82) is 0 Å². The maximum absolute atomic E-state index is 2.32. The molecule has 1 heteroatoms. The molecule has 1 aliphatic heterocycles. The largest absolute Gasteiger partial charge is 0.343 e. The lowest BCUT2D eigenvalue weighted by Crippen LogP contribution is -2.02. The minimum atomic E-state index is 0.911. The molecule has 96 valence electrons. The monoisotopic (exact) mass is 257 g/mol. The van der Waals surface area contributed by atoms with E-state index in [9.17, 15) is 0 Å². The molecule has 2 aromatic rings. The van der Waals surface area contributed by atoms with Crippen LogP contribution in [0.3, 0.4) is 0 Å². The van der Waals surface area contributed by atoms with Crippen molar-refractivity contribution in [1.82, 2.24) is 4.57 Å². The summed E-state index contributed by atoms with van der Waals surface area (Å²) in [6.45, 7) is 0.911. The highest BCUT2D eigenvalue weighted by Crippen LogP contribution is 2.33. The van der Waals surface area contributed by atoms with E-state index in [2.05, 4.69) is 83.6 Å². The van der Waals surface area contributed by atoms with E-state index in [1.54, 1.807) is 0 Å². The fraction of sp³-hybridized carbons (Fsp3) is 0.0526. The molecule has 0 bridgehead atoms. The molecule has 0 fully saturated rings. The molecule has 4 rings (SSSR count). The predicted octanol–water partition coefficient (Wildman–Crippen LogP) is 4.79. The number of aromatic nitrogens is 1. The molecule has 0 saturated heterocycles. The fourth-order valence-electron chi connectivity index (χ4n) is 2.89. The molecule has 0 radical (unpaired) electrons. The van der Waals surface area contributed by atoms with Crippen LogP contribution in [-0.4, -0.2) is 4.57 Å². The zero-order valence-electron chi connectivity index (χ0n) is 11.2. The van der Waals surface area contributed by atoms with Gasteiger partial charge < -0.3 is 4.57 Å². The minimum absolute atomic E-state index is 0.911. The first kappa shape index (κ1) is 11.3. The van der Waals surface area contributed by atoms with Crippen LogP contribution in [0.5, 0.6) is 0 Å². The minimum Gasteiger partial charge on any atom is -0.343 e. The first-order chi connectivity index (χ1) is 9.92. The highest BCUT2D eigenvalue weighted by molar-refractivity contribution is 6.01. The summed E-state index contributed by atoms with van der Waals surface area (Å²) in [7, 11) is 0. The first-order valence-electron chi connectivity index (χ1n) is 6.92. The highest BCUT2D eigenvalue weighted by atomic mass is 15.0. The van der Waals surface area contributed by atoms with E-state index in [4.69, 9.17) is 0 Å². The SMILES string of the molecule is c1ccc(Cn2cccc3c4ccccc4cc2-3)cc1. The van der Waals surface area contributed by atoms with E-state index in [1.807, 2.05) is 0 Å². The second-order valence-corrected chi connectivity index (χ2v) is 5.15. The Kier molecular flexibility index (Phi) is 2.56. The standard InChI is InChI=1S/C19H15N/c1-2-7-15(8-3-1)14-20-12-6-11-18-17-10-5-4-9-16(17)13-19(18)20/h1-13H,14H2. The van der Waals surface area contributed by atoms with Crippen LogP contribution in [0.25, 0.3) is 22.0 Å². The first-order valence-corrected chi connectivity index (χ1v) is 6.92. The summed E-state index contributed by atoms with van der Waals surface area (Å²) in [6.07, 6.45) is 2.16. The summed E-state index contributed by atoms with van der Waals surface area (Å²) in [5.74, 6) is 0. The smallest absolute Gasteiger partial charge is 0.0495 e. The quantitative estimate of drug-likeness (QED) is 0.486. The van der Waals surface area contributed by atoms with E-state index >= 15 is 0 Å². The van der Waals surface area contributed by atoms with Crippen molar-refractivity contribution in [3.05, 3.63) is 84.6 Å². The van der Waals surface area contributed by atoms with Crippen LogP contribution in [-0.2, 0) is 6.54 Å². The molecule has 20 heavy (non-hydrogen) atoms. The summed E-state index contributed by atoms with van der Waals surface area (Å²) < 4.78 is 2.32. The Morgan fingerprint density at radius 3 is 2.45 bits per heavy atom. The van der Waals surface area contributed by atoms with Gasteiger partial charge in [-0.25, -0.2) is 0 Å². The van der Waals surface area contributed by atoms with E-state index in [-0.39, 0.29) is 0 Å². The van der Waals surface area contributed by atoms with Crippen molar-refractivity contribution >= 4 is 10.8 Å². The summed E-state index contributed by atoms with van der Waals surface area (Å²) in [6, 6.07) is 25.8. The molecule has 1 heterocycles. The lowest BCUT2D eigenvalue weighted by molar-refractivity contribution is 0.802. The highest BCUT2D eigenvalue weighted by Gasteiger charge is 2.11. The van der Waals surface area contributed by atoms with Gasteiger partial charge in [-0.15, -0.1) is 0 Å². The maximum Gasteiger partial charge on any atom is 0.0495 e. The Balaban J connectivity index is 1.87. The molecule has 1 aliphatic carbocycles. The molecule has 2 aromatic carbocycles. The van der Waals surface area contributed by atoms with Crippen LogP contribution < -0.4 is 0 Å². The Bertz CT molecular complexity index is 827. The van der Waals surface area contributed by atoms with Crippen molar-refractivity contribution < 1.29 is 0 Å². The molecule has 1 nitrogen and oxygen atoms in total. The lowest BCUT2D eigenvalue weighted by atomic mass is 10.1. The van der Waals surface area contributed by atoms with Gasteiger partial charge in [-0.05, 0) is 28.5 Å². The molecule has 0 unspecified atom stereocenters. The van der Waals surface area contributed by atoms with Crippen molar-refractivity contribution in [2.45, 2.75) is 6.54 Å². The average Bonchev–Trinajstić information content (AvgIpc) is 2.88. The number of pyridine rings is 1. The molecule has 0 aromatic heterocycles. The number of rotatable bonds is 2. The third kappa shape index (κ3) is 1.79. The van der Waals surface area contributed by atoms with Crippen molar-refractivity contribution in [3.8, 4) is 11.3 Å². The maximum atomic E-state index is 2.32. The van der Waals surface area contributed by atoms with Gasteiger partial charge in [0.25, 0.3) is 0 Å². The van der Waals surface area contributed by atoms with Gasteiger partial charge in [-0.3, -0.25) is 0 Å². The van der Waals surface area contributed by atoms with Crippen LogP contribution in [0.1, 0.15) is 5.56 Å². The zero-order chi connectivity index (χ0) is 13.4. The van der Waals surface area contributed by atoms with Gasteiger partial charge >= 0.3 is 0 Å². The van der Waals surface area contributed by atoms with Crippen LogP contribution in [0.4, 0.5) is 0 Å². The van der Waals surface area contributed by atoms with Gasteiger partial charge in [-0.1, -0.05) is 60.7 Å². The normalized spacial score (nSPS) is 11.2. The van der Waals surface area contributed by atoms with Crippen molar-refractivity contribution in [2.75, 3.05) is 0 Å². The Hall–Kier alpha value is -2.54. The number of nitrogens with zero attached hydrogens (tertiary/aromatic N) is 1. The number of benzene rings is 2. The third-order valence-corrected chi connectivity index (χ3v) is 3.85. The van der Waals surface area contributed by atoms with E-state index in [0.717, 1.165) is 6.54 Å². The van der Waals surface area contributed by atoms with Gasteiger partial charge in [0.2, 0.25) is 0 Å². The van der Waals surface area contributed by atoms with E-state index in [1.165, 1.54) is 27.6 Å². The Morgan fingerprint density at radius 2 is 1.55 bits per heavy atom. The topological polar surface area (TPSA) is 4.93 Å². The summed E-state index contributed by atoms with van der Waals surface area (Å²) in [4.78, 5) is 0. The second kappa shape index (κ2) is 4.53. The number of hydrogen-bond donors (Lipinski definition) is 0. The Labute approximate surface area is 118 Å². The van der Waals surface area contributed by atoms with Crippen LogP contribution in [0, 0.1) is 0 Å². The molecule has 2 aliphatic rings. The number of fused-ring (bicyclic) bond motifs is 3. The summed E-state index contributed by atoms with van der Waals surface area (Å²) in [5.41, 5.74) is 3.96. The second-order valence-electron chi connectivity index (χ2n) is 5.15. The number of hydrogen-bond acceptors (Lipinski definition) is 0. The molecule has 0 saturated carbocycles. The zero-order valence-corrected chi connectivity index (χ0v) is 11.2. The lowest BCUT2D eigenvalue weighted by Gasteiger charge is -2.12. The van der Waals surface area contributed by atoms with Crippen LogP contribution in [0.2, 0.25) is 0 Å². The van der Waals surface area contributed by atoms with Crippen LogP contribution >= 0.6 is 0 Å². The van der Waals surface area contributed by atoms with Gasteiger partial charge in [0.15, 0.2) is 0 Å². The van der Waals surface area contributed by atoms with Gasteiger partial charge in [0.05, 0.1) is 0 Å². The van der Waals surface area contributed by atoms with Gasteiger partial charge in [-0.2, -0.15) is 0 Å². The summed E-state index contributed by atoms with van der Waals surface area (Å²) >= 11 is 0. The summed E-state index contributed by atoms with van der Waals surface area (Å²) in [5, 5.41) is 2.65. The molecule has 0 spiro atoms. The van der Waals surface area contributed by atoms with Gasteiger partial charge in [0.1, 0.15) is 0 Å². The van der Waals surface area contributed by atoms with E-state index < -0.39 is 0 Å². The average molecular weight is 257 g/mol. The fourth-order valence-corrected chi connectivity index (χ4v) is 2.89. The molecule has 0 N–H and O–H groups in total. The van der Waals surface area contributed by atoms with Crippen LogP contribution in [0.15, 0.2) is 79.0 Å². The van der Waals surface area contributed by atoms with Crippen molar-refractivity contribution in [3.63, 3.8) is 0 Å².